The van der Waals surface area contributed by atoms with Crippen LogP contribution in [0.3, 0.4) is 0 Å². The van der Waals surface area contributed by atoms with Gasteiger partial charge in [-0.1, -0.05) is 0 Å². The highest BCUT2D eigenvalue weighted by Gasteiger charge is 2.51. The fraction of sp³-hybridized carbons (Fsp3) is 0.538. The lowest BCUT2D eigenvalue weighted by Gasteiger charge is -2.19. The zero-order valence-electron chi connectivity index (χ0n) is 12.1. The predicted octanol–water partition coefficient (Wildman–Crippen LogP) is 1.60. The maximum Gasteiger partial charge on any atom is 0.422 e. The number of aliphatic carboxylic acids is 1. The zero-order chi connectivity index (χ0) is 15.3. The van der Waals surface area contributed by atoms with Gasteiger partial charge in [0.25, 0.3) is 0 Å². The van der Waals surface area contributed by atoms with E-state index in [1.807, 2.05) is 24.5 Å². The van der Waals surface area contributed by atoms with Crippen LogP contribution in [0.1, 0.15) is 27.7 Å². The van der Waals surface area contributed by atoms with Crippen LogP contribution in [0.2, 0.25) is 0 Å². The van der Waals surface area contributed by atoms with Gasteiger partial charge in [0.2, 0.25) is 0 Å². The number of carbonyl (C=O) groups is 2. The zero-order valence-corrected chi connectivity index (χ0v) is 12.1. The predicted molar refractivity (Wildman–Crippen MR) is 72.9 cm³/mol. The molecule has 0 saturated carbocycles. The molecule has 1 fully saturated rings. The molecule has 0 radical (unpaired) electrons. The molecule has 1 aliphatic rings. The van der Waals surface area contributed by atoms with Crippen molar-refractivity contribution in [3.63, 3.8) is 0 Å². The van der Waals surface area contributed by atoms with Crippen molar-refractivity contribution in [1.29, 1.82) is 0 Å². The van der Waals surface area contributed by atoms with Crippen LogP contribution in [0.15, 0.2) is 24.5 Å². The van der Waals surface area contributed by atoms with E-state index in [0.717, 1.165) is 0 Å². The van der Waals surface area contributed by atoms with Gasteiger partial charge in [0, 0.05) is 12.4 Å². The molecular weight excluding hydrogens is 262 g/mol. The Morgan fingerprint density at radius 1 is 1.30 bits per heavy atom. The Hall–Kier alpha value is -2.02. The molecule has 112 valence electrons. The number of ether oxygens (including phenoxy) is 1. The van der Waals surface area contributed by atoms with E-state index in [4.69, 9.17) is 9.84 Å². The lowest BCUT2D eigenvalue weighted by atomic mass is 10.2. The average Bonchev–Trinajstić information content (AvgIpc) is 2.76. The Bertz CT molecular complexity index is 422. The molecule has 1 unspecified atom stereocenters. The van der Waals surface area contributed by atoms with E-state index in [-0.39, 0.29) is 6.04 Å². The van der Waals surface area contributed by atoms with Crippen LogP contribution in [0.5, 0.6) is 0 Å². The van der Waals surface area contributed by atoms with Gasteiger partial charge in [-0.2, -0.15) is 5.01 Å². The fourth-order valence-electron chi connectivity index (χ4n) is 1.53. The number of hydrogen-bond donors (Lipinski definition) is 3. The van der Waals surface area contributed by atoms with Gasteiger partial charge in [-0.05, 0) is 39.8 Å². The topological polar surface area (TPSA) is 94.4 Å². The minimum absolute atomic E-state index is 0.185. The summed E-state index contributed by atoms with van der Waals surface area (Å²) in [6.45, 7) is 6.95. The third kappa shape index (κ3) is 5.31. The first-order valence-corrected chi connectivity index (χ1v) is 6.31. The quantitative estimate of drug-likeness (QED) is 0.717. The van der Waals surface area contributed by atoms with Gasteiger partial charge in [-0.15, -0.1) is 0 Å². The van der Waals surface area contributed by atoms with Crippen molar-refractivity contribution in [1.82, 2.24) is 15.4 Å². The number of hydrogen-bond acceptors (Lipinski definition) is 4. The number of aromatic nitrogens is 1. The fourth-order valence-corrected chi connectivity index (χ4v) is 1.53. The van der Waals surface area contributed by atoms with Gasteiger partial charge < -0.3 is 14.8 Å². The van der Waals surface area contributed by atoms with Crippen LogP contribution in [0, 0.1) is 0 Å². The van der Waals surface area contributed by atoms with Gasteiger partial charge in [0.05, 0.1) is 6.04 Å². The highest BCUT2D eigenvalue weighted by Crippen LogP contribution is 2.25. The Morgan fingerprint density at radius 2 is 1.85 bits per heavy atom. The number of amides is 1. The minimum atomic E-state index is -0.946. The monoisotopic (exact) mass is 283 g/mol. The number of carboxylic acid groups (broad SMARTS) is 1. The molecule has 3 N–H and O–H groups in total. The second-order valence-corrected chi connectivity index (χ2v) is 5.43. The third-order valence-electron chi connectivity index (χ3n) is 2.47. The van der Waals surface area contributed by atoms with Crippen LogP contribution in [0.25, 0.3) is 0 Å². The highest BCUT2D eigenvalue weighted by atomic mass is 16.6. The molecule has 1 amide bonds. The number of carboxylic acids is 1. The number of hydrazine groups is 1. The Labute approximate surface area is 117 Å². The minimum Gasteiger partial charge on any atom is -0.480 e. The summed E-state index contributed by atoms with van der Waals surface area (Å²) in [6, 6.07) is 3.06. The van der Waals surface area contributed by atoms with Crippen molar-refractivity contribution in [2.45, 2.75) is 45.4 Å². The summed E-state index contributed by atoms with van der Waals surface area (Å²) >= 11 is 0. The summed E-state index contributed by atoms with van der Waals surface area (Å²) in [5.41, 5.74) is 1.80. The van der Waals surface area contributed by atoms with Gasteiger partial charge >= 0.3 is 12.1 Å². The summed E-state index contributed by atoms with van der Waals surface area (Å²) in [6.07, 6.45) is 3.12. The molecule has 7 heteroatoms. The molecule has 20 heavy (non-hydrogen) atoms. The normalized spacial score (nSPS) is 24.1. The summed E-state index contributed by atoms with van der Waals surface area (Å²) < 4.78 is 4.98. The van der Waals surface area contributed by atoms with E-state index in [0.29, 0.717) is 0 Å². The van der Waals surface area contributed by atoms with E-state index < -0.39 is 23.7 Å². The molecule has 2 rings (SSSR count). The Kier molecular flexibility index (Phi) is 5.15. The number of aromatic amines is 1. The number of H-pyrrole nitrogens is 1. The first-order valence-electron chi connectivity index (χ1n) is 6.31. The largest absolute Gasteiger partial charge is 0.480 e. The SMILES string of the molecule is C[C@H]1[C@@H](C(=O)O)N1NC(=O)OC(C)(C)C.c1cc[nH]c1. The third-order valence-corrected chi connectivity index (χ3v) is 2.47. The van der Waals surface area contributed by atoms with Crippen molar-refractivity contribution in [2.24, 2.45) is 0 Å². The van der Waals surface area contributed by atoms with E-state index in [2.05, 4.69) is 10.4 Å². The highest BCUT2D eigenvalue weighted by molar-refractivity contribution is 5.79. The smallest absolute Gasteiger partial charge is 0.422 e. The first-order chi connectivity index (χ1) is 9.22. The maximum atomic E-state index is 11.3. The second kappa shape index (κ2) is 6.42. The van der Waals surface area contributed by atoms with Crippen molar-refractivity contribution < 1.29 is 19.4 Å². The van der Waals surface area contributed by atoms with Crippen LogP contribution >= 0.6 is 0 Å². The van der Waals surface area contributed by atoms with E-state index in [1.165, 1.54) is 5.01 Å². The van der Waals surface area contributed by atoms with Crippen molar-refractivity contribution in [3.8, 4) is 0 Å². The molecule has 2 heterocycles. The van der Waals surface area contributed by atoms with E-state index in [9.17, 15) is 9.59 Å². The lowest BCUT2D eigenvalue weighted by molar-refractivity contribution is -0.137. The number of carbonyl (C=O) groups excluding carboxylic acids is 1. The van der Waals surface area contributed by atoms with Crippen molar-refractivity contribution in [3.05, 3.63) is 24.5 Å². The molecule has 0 aliphatic carbocycles. The molecule has 1 saturated heterocycles. The number of nitrogens with zero attached hydrogens (tertiary/aromatic N) is 1. The molecule has 3 atom stereocenters. The number of rotatable bonds is 2. The lowest BCUT2D eigenvalue weighted by Crippen LogP contribution is -2.37. The molecule has 7 nitrogen and oxygen atoms in total. The molecule has 0 spiro atoms. The van der Waals surface area contributed by atoms with Gasteiger partial charge in [0.1, 0.15) is 11.6 Å². The molecule has 0 bridgehead atoms. The first kappa shape index (κ1) is 16.0. The Balaban J connectivity index is 0.000000333. The Morgan fingerprint density at radius 3 is 2.15 bits per heavy atom. The van der Waals surface area contributed by atoms with Crippen LogP contribution in [-0.4, -0.2) is 44.8 Å². The second-order valence-electron chi connectivity index (χ2n) is 5.43. The van der Waals surface area contributed by atoms with Crippen LogP contribution < -0.4 is 5.43 Å². The van der Waals surface area contributed by atoms with Crippen LogP contribution in [-0.2, 0) is 9.53 Å². The maximum absolute atomic E-state index is 11.3. The molecule has 1 aliphatic heterocycles. The molecular formula is C13H21N3O4. The summed E-state index contributed by atoms with van der Waals surface area (Å²) in [5.74, 6) is -0.946. The summed E-state index contributed by atoms with van der Waals surface area (Å²) in [4.78, 5) is 24.7. The van der Waals surface area contributed by atoms with E-state index >= 15 is 0 Å². The van der Waals surface area contributed by atoms with Gasteiger partial charge in [-0.25, -0.2) is 4.79 Å². The molecule has 1 aromatic heterocycles. The summed E-state index contributed by atoms with van der Waals surface area (Å²) in [7, 11) is 0. The van der Waals surface area contributed by atoms with Crippen molar-refractivity contribution in [2.75, 3.05) is 0 Å². The van der Waals surface area contributed by atoms with Gasteiger partial charge in [0.15, 0.2) is 0 Å². The molecule has 0 aromatic carbocycles. The van der Waals surface area contributed by atoms with Gasteiger partial charge in [-0.3, -0.25) is 10.2 Å². The van der Waals surface area contributed by atoms with E-state index in [1.54, 1.807) is 27.7 Å². The summed E-state index contributed by atoms with van der Waals surface area (Å²) in [5, 5.41) is 10.0. The molecule has 1 aromatic rings. The van der Waals surface area contributed by atoms with Crippen molar-refractivity contribution >= 4 is 12.1 Å². The number of nitrogens with one attached hydrogen (secondary N) is 2. The standard InChI is InChI=1S/C9H16N2O4.C4H5N/c1-5-6(7(12)13)11(5)10-8(14)15-9(2,3)4;1-2-4-5-3-1/h5-6H,1-4H3,(H,10,14)(H,12,13);1-5H/t5-,6-,11?;/m0./s1. The van der Waals surface area contributed by atoms with Crippen LogP contribution in [0.4, 0.5) is 4.79 Å². The average molecular weight is 283 g/mol.